The summed E-state index contributed by atoms with van der Waals surface area (Å²) in [5.74, 6) is 0.634. The first-order valence-corrected chi connectivity index (χ1v) is 13.2. The predicted octanol–water partition coefficient (Wildman–Crippen LogP) is 4.55. The molecular formula is C27H30ClN7O3. The number of hydrogen-bond acceptors (Lipinski definition) is 7. The van der Waals surface area contributed by atoms with Gasteiger partial charge in [-0.05, 0) is 52.5 Å². The van der Waals surface area contributed by atoms with Gasteiger partial charge in [0.25, 0.3) is 5.56 Å². The maximum atomic E-state index is 13.7. The number of piperidine rings is 1. The summed E-state index contributed by atoms with van der Waals surface area (Å²) >= 11 is 6.72. The molecule has 2 N–H and O–H groups in total. The number of nitrogens with zero attached hydrogens (tertiary/aromatic N) is 5. The average Bonchev–Trinajstić information content (AvgIpc) is 3.38. The Morgan fingerprint density at radius 1 is 1.13 bits per heavy atom. The monoisotopic (exact) mass is 535 g/mol. The molecule has 38 heavy (non-hydrogen) atoms. The number of carbonyl (C=O) groups is 1. The minimum atomic E-state index is -0.541. The number of halogens is 1. The minimum Gasteiger partial charge on any atom is -0.444 e. The van der Waals surface area contributed by atoms with Gasteiger partial charge in [0.2, 0.25) is 5.95 Å². The third-order valence-electron chi connectivity index (χ3n) is 7.44. The molecule has 2 saturated heterocycles. The van der Waals surface area contributed by atoms with Crippen LogP contribution in [0.25, 0.3) is 33.2 Å². The fourth-order valence-electron chi connectivity index (χ4n) is 5.90. The molecule has 1 aromatic carbocycles. The molecule has 2 aliphatic rings. The zero-order valence-electron chi connectivity index (χ0n) is 21.8. The number of rotatable bonds is 3. The van der Waals surface area contributed by atoms with Crippen LogP contribution in [-0.4, -0.2) is 54.3 Å². The van der Waals surface area contributed by atoms with E-state index in [0.717, 1.165) is 25.7 Å². The van der Waals surface area contributed by atoms with Crippen LogP contribution in [-0.2, 0) is 11.8 Å². The Hall–Kier alpha value is -3.66. The van der Waals surface area contributed by atoms with Crippen LogP contribution in [0.3, 0.4) is 0 Å². The molecule has 198 valence electrons. The Bertz CT molecular complexity index is 1610. The normalized spacial score (nSPS) is 21.3. The lowest BCUT2D eigenvalue weighted by Gasteiger charge is -2.40. The molecule has 5 heterocycles. The number of amides is 1. The summed E-state index contributed by atoms with van der Waals surface area (Å²) in [4.78, 5) is 45.1. The number of hydrogen-bond donors (Lipinski definition) is 2. The Kier molecular flexibility index (Phi) is 5.82. The highest BCUT2D eigenvalue weighted by Crippen LogP contribution is 2.40. The number of aromatic nitrogens is 5. The molecule has 0 spiro atoms. The number of benzene rings is 1. The van der Waals surface area contributed by atoms with Crippen LogP contribution >= 0.6 is 11.6 Å². The molecular weight excluding hydrogens is 506 g/mol. The second-order valence-corrected chi connectivity index (χ2v) is 11.5. The number of H-pyrrole nitrogens is 1. The predicted molar refractivity (Wildman–Crippen MR) is 147 cm³/mol. The SMILES string of the molecule is Cn1c(N2[C@@H]3CC[C@H]2CC(NC(=O)OC(C)(C)C)C3)nc2[nH]cc(-c3ccc4nccnc4c3Cl)c2c1=O. The van der Waals surface area contributed by atoms with E-state index in [4.69, 9.17) is 21.3 Å². The van der Waals surface area contributed by atoms with Crippen molar-refractivity contribution in [3.8, 4) is 11.1 Å². The average molecular weight is 536 g/mol. The summed E-state index contributed by atoms with van der Waals surface area (Å²) in [6.07, 6.45) is 8.11. The molecule has 3 aromatic heterocycles. The molecule has 0 saturated carbocycles. The van der Waals surface area contributed by atoms with Gasteiger partial charge in [0, 0.05) is 54.9 Å². The zero-order valence-corrected chi connectivity index (χ0v) is 22.5. The van der Waals surface area contributed by atoms with Crippen LogP contribution in [0, 0.1) is 0 Å². The number of alkyl carbamates (subject to hydrolysis) is 1. The second-order valence-electron chi connectivity index (χ2n) is 11.2. The molecule has 2 aliphatic heterocycles. The second kappa shape index (κ2) is 8.97. The molecule has 4 aromatic rings. The van der Waals surface area contributed by atoms with Gasteiger partial charge in [0.15, 0.2) is 0 Å². The van der Waals surface area contributed by atoms with Crippen LogP contribution in [0.4, 0.5) is 10.7 Å². The van der Waals surface area contributed by atoms with E-state index in [2.05, 4.69) is 25.2 Å². The number of carbonyl (C=O) groups excluding carboxylic acids is 1. The summed E-state index contributed by atoms with van der Waals surface area (Å²) < 4.78 is 7.08. The molecule has 3 atom stereocenters. The van der Waals surface area contributed by atoms with Crippen molar-refractivity contribution >= 4 is 45.7 Å². The molecule has 11 heteroatoms. The van der Waals surface area contributed by atoms with E-state index in [1.165, 1.54) is 0 Å². The van der Waals surface area contributed by atoms with Gasteiger partial charge in [0.1, 0.15) is 16.8 Å². The number of nitrogens with one attached hydrogen (secondary N) is 2. The van der Waals surface area contributed by atoms with E-state index in [0.29, 0.717) is 44.2 Å². The molecule has 1 amide bonds. The molecule has 2 fully saturated rings. The summed E-state index contributed by atoms with van der Waals surface area (Å²) in [6.45, 7) is 5.57. The van der Waals surface area contributed by atoms with Crippen LogP contribution < -0.4 is 15.8 Å². The van der Waals surface area contributed by atoms with Crippen molar-refractivity contribution in [3.05, 3.63) is 46.1 Å². The maximum Gasteiger partial charge on any atom is 0.407 e. The van der Waals surface area contributed by atoms with Crippen molar-refractivity contribution < 1.29 is 9.53 Å². The van der Waals surface area contributed by atoms with Gasteiger partial charge in [-0.3, -0.25) is 19.3 Å². The first kappa shape index (κ1) is 24.7. The number of anilines is 1. The van der Waals surface area contributed by atoms with Gasteiger partial charge >= 0.3 is 6.09 Å². The molecule has 0 aliphatic carbocycles. The Labute approximate surface area is 224 Å². The lowest BCUT2D eigenvalue weighted by molar-refractivity contribution is 0.0492. The molecule has 1 unspecified atom stereocenters. The highest BCUT2D eigenvalue weighted by molar-refractivity contribution is 6.38. The molecule has 2 bridgehead atoms. The van der Waals surface area contributed by atoms with Crippen molar-refractivity contribution in [2.45, 2.75) is 70.2 Å². The van der Waals surface area contributed by atoms with Gasteiger partial charge in [-0.2, -0.15) is 4.98 Å². The van der Waals surface area contributed by atoms with Crippen LogP contribution in [0.1, 0.15) is 46.5 Å². The third-order valence-corrected chi connectivity index (χ3v) is 7.83. The van der Waals surface area contributed by atoms with Crippen LogP contribution in [0.5, 0.6) is 0 Å². The number of fused-ring (bicyclic) bond motifs is 4. The Morgan fingerprint density at radius 3 is 2.55 bits per heavy atom. The summed E-state index contributed by atoms with van der Waals surface area (Å²) in [5, 5.41) is 3.96. The van der Waals surface area contributed by atoms with Gasteiger partial charge in [0.05, 0.1) is 15.9 Å². The fraction of sp³-hybridized carbons (Fsp3) is 0.444. The highest BCUT2D eigenvalue weighted by atomic mass is 35.5. The molecule has 0 radical (unpaired) electrons. The minimum absolute atomic E-state index is 0.0228. The van der Waals surface area contributed by atoms with E-state index >= 15 is 0 Å². The summed E-state index contributed by atoms with van der Waals surface area (Å²) in [6, 6.07) is 4.08. The van der Waals surface area contributed by atoms with E-state index < -0.39 is 5.60 Å². The lowest BCUT2D eigenvalue weighted by Crippen LogP contribution is -2.52. The van der Waals surface area contributed by atoms with E-state index in [-0.39, 0.29) is 29.8 Å². The Balaban J connectivity index is 1.32. The smallest absolute Gasteiger partial charge is 0.407 e. The fourth-order valence-corrected chi connectivity index (χ4v) is 6.21. The lowest BCUT2D eigenvalue weighted by atomic mass is 9.98. The van der Waals surface area contributed by atoms with Crippen molar-refractivity contribution in [2.24, 2.45) is 7.05 Å². The largest absolute Gasteiger partial charge is 0.444 e. The number of aromatic amines is 1. The standard InChI is InChI=1S/C27H30ClN7O3/c1-27(2,3)38-26(37)32-14-11-15-5-6-16(12-14)35(15)25-33-23-20(24(36)34(25)4)18(13-31-23)17-7-8-19-22(21(17)28)30-10-9-29-19/h7-10,13-16,31H,5-6,11-12H2,1-4H3,(H,32,37)/t14?,15-,16+. The van der Waals surface area contributed by atoms with E-state index in [1.807, 2.05) is 32.9 Å². The van der Waals surface area contributed by atoms with Crippen molar-refractivity contribution in [1.29, 1.82) is 0 Å². The number of ether oxygens (including phenoxy) is 1. The third kappa shape index (κ3) is 4.16. The van der Waals surface area contributed by atoms with Crippen LogP contribution in [0.2, 0.25) is 5.02 Å². The summed E-state index contributed by atoms with van der Waals surface area (Å²) in [7, 11) is 1.76. The first-order valence-electron chi connectivity index (χ1n) is 12.9. The van der Waals surface area contributed by atoms with Crippen molar-refractivity contribution in [1.82, 2.24) is 29.8 Å². The summed E-state index contributed by atoms with van der Waals surface area (Å²) in [5.41, 5.74) is 2.48. The topological polar surface area (TPSA) is 118 Å². The van der Waals surface area contributed by atoms with Crippen molar-refractivity contribution in [3.63, 3.8) is 0 Å². The van der Waals surface area contributed by atoms with Gasteiger partial charge in [-0.1, -0.05) is 17.7 Å². The van der Waals surface area contributed by atoms with Gasteiger partial charge < -0.3 is 19.9 Å². The van der Waals surface area contributed by atoms with Gasteiger partial charge in [-0.15, -0.1) is 0 Å². The van der Waals surface area contributed by atoms with E-state index in [9.17, 15) is 9.59 Å². The highest BCUT2D eigenvalue weighted by Gasteiger charge is 2.43. The zero-order chi connectivity index (χ0) is 26.8. The van der Waals surface area contributed by atoms with E-state index in [1.54, 1.807) is 30.2 Å². The Morgan fingerprint density at radius 2 is 1.84 bits per heavy atom. The van der Waals surface area contributed by atoms with Crippen LogP contribution in [0.15, 0.2) is 35.5 Å². The maximum absolute atomic E-state index is 13.7. The molecule has 10 nitrogen and oxygen atoms in total. The first-order chi connectivity index (χ1) is 18.1. The quantitative estimate of drug-likeness (QED) is 0.395. The molecule has 6 rings (SSSR count). The van der Waals surface area contributed by atoms with Gasteiger partial charge in [-0.25, -0.2) is 4.79 Å². The van der Waals surface area contributed by atoms with Crippen molar-refractivity contribution in [2.75, 3.05) is 4.90 Å².